The molecule has 1 aliphatic carbocycles. The minimum Gasteiger partial charge on any atom is -0.381 e. The van der Waals surface area contributed by atoms with Crippen LogP contribution in [-0.4, -0.2) is 23.7 Å². The summed E-state index contributed by atoms with van der Waals surface area (Å²) in [5, 5.41) is 15.1. The van der Waals surface area contributed by atoms with Crippen LogP contribution in [0.3, 0.4) is 0 Å². The molecular formula is C21H19ClF6N2O2. The molecule has 2 aromatic carbocycles. The quantitative estimate of drug-likeness (QED) is 0.506. The maximum absolute atomic E-state index is 13.8. The summed E-state index contributed by atoms with van der Waals surface area (Å²) in [7, 11) is 0. The molecular weight excluding hydrogens is 462 g/mol. The summed E-state index contributed by atoms with van der Waals surface area (Å²) >= 11 is 5.61. The van der Waals surface area contributed by atoms with Gasteiger partial charge in [-0.1, -0.05) is 17.7 Å². The Balaban J connectivity index is 1.89. The van der Waals surface area contributed by atoms with E-state index in [9.17, 15) is 36.2 Å². The van der Waals surface area contributed by atoms with Crippen LogP contribution in [0.2, 0.25) is 5.02 Å². The molecule has 0 saturated heterocycles. The van der Waals surface area contributed by atoms with Gasteiger partial charge in [0.1, 0.15) is 0 Å². The van der Waals surface area contributed by atoms with Gasteiger partial charge in [-0.15, -0.1) is 0 Å². The molecule has 0 fully saturated rings. The van der Waals surface area contributed by atoms with Crippen LogP contribution in [0.15, 0.2) is 36.4 Å². The fourth-order valence-electron chi connectivity index (χ4n) is 3.71. The number of nitrogens with one attached hydrogen (secondary N) is 2. The number of hydrogen-bond acceptors (Lipinski definition) is 3. The molecule has 2 aromatic rings. The normalized spacial score (nSPS) is 18.1. The third kappa shape index (κ3) is 4.96. The first kappa shape index (κ1) is 24.2. The van der Waals surface area contributed by atoms with Crippen molar-refractivity contribution in [1.82, 2.24) is 5.32 Å². The smallest absolute Gasteiger partial charge is 0.381 e. The zero-order valence-electron chi connectivity index (χ0n) is 16.7. The van der Waals surface area contributed by atoms with Gasteiger partial charge in [0.15, 0.2) is 0 Å². The summed E-state index contributed by atoms with van der Waals surface area (Å²) in [6.07, 6.45) is -9.01. The minimum atomic E-state index is -5.29. The van der Waals surface area contributed by atoms with Gasteiger partial charge in [-0.2, -0.15) is 26.3 Å². The third-order valence-corrected chi connectivity index (χ3v) is 5.54. The Morgan fingerprint density at radius 3 is 2.34 bits per heavy atom. The highest BCUT2D eigenvalue weighted by Gasteiger charge is 2.55. The Bertz CT molecular complexity index is 1020. The van der Waals surface area contributed by atoms with Crippen LogP contribution in [0.5, 0.6) is 0 Å². The van der Waals surface area contributed by atoms with Crippen molar-refractivity contribution in [3.63, 3.8) is 0 Å². The molecule has 0 bridgehead atoms. The lowest BCUT2D eigenvalue weighted by atomic mass is 9.91. The molecule has 174 valence electrons. The predicted molar refractivity (Wildman–Crippen MR) is 106 cm³/mol. The number of amides is 1. The number of aliphatic hydroxyl groups is 1. The van der Waals surface area contributed by atoms with Crippen LogP contribution in [0.25, 0.3) is 0 Å². The second-order valence-electron chi connectivity index (χ2n) is 7.64. The van der Waals surface area contributed by atoms with Crippen molar-refractivity contribution in [2.45, 2.75) is 43.8 Å². The standard InChI is InChI=1S/C21H19ClF6N2O2/c1-11(31)30-18-5-2-12-6-16(3-4-17(12)18)29-10-19(32,21(26,27)28)13-7-14(20(23,24)25)9-15(22)8-13/h3-4,6-9,18,29,32H,2,5,10H2,1H3,(H,30,31)/t18-,19+/m1/s1. The van der Waals surface area contributed by atoms with E-state index in [0.717, 1.165) is 11.1 Å². The highest BCUT2D eigenvalue weighted by atomic mass is 35.5. The number of rotatable bonds is 5. The number of carbonyl (C=O) groups is 1. The Labute approximate surface area is 184 Å². The van der Waals surface area contributed by atoms with E-state index in [1.807, 2.05) is 0 Å². The summed E-state index contributed by atoms with van der Waals surface area (Å²) in [5.74, 6) is -0.208. The van der Waals surface area contributed by atoms with E-state index < -0.39 is 40.6 Å². The van der Waals surface area contributed by atoms with Crippen molar-refractivity contribution < 1.29 is 36.2 Å². The molecule has 3 rings (SSSR count). The molecule has 4 nitrogen and oxygen atoms in total. The summed E-state index contributed by atoms with van der Waals surface area (Å²) in [6.45, 7) is 0.244. The molecule has 32 heavy (non-hydrogen) atoms. The Hall–Kier alpha value is -2.46. The van der Waals surface area contributed by atoms with Crippen LogP contribution in [0, 0.1) is 0 Å². The number of alkyl halides is 6. The molecule has 0 aliphatic heterocycles. The van der Waals surface area contributed by atoms with Crippen LogP contribution in [-0.2, 0) is 23.0 Å². The summed E-state index contributed by atoms with van der Waals surface area (Å²) in [6, 6.07) is 5.91. The zero-order valence-corrected chi connectivity index (χ0v) is 17.4. The van der Waals surface area contributed by atoms with Gasteiger partial charge in [0.05, 0.1) is 18.2 Å². The Morgan fingerprint density at radius 2 is 1.75 bits per heavy atom. The van der Waals surface area contributed by atoms with E-state index >= 15 is 0 Å². The number of aryl methyl sites for hydroxylation is 1. The maximum atomic E-state index is 13.8. The monoisotopic (exact) mass is 480 g/mol. The highest BCUT2D eigenvalue weighted by molar-refractivity contribution is 6.30. The number of fused-ring (bicyclic) bond motifs is 1. The SMILES string of the molecule is CC(=O)N[C@@H]1CCc2cc(NC[C@](O)(c3cc(Cl)cc(C(F)(F)F)c3)C(F)(F)F)ccc21. The number of hydrogen-bond donors (Lipinski definition) is 3. The van der Waals surface area contributed by atoms with E-state index in [0.29, 0.717) is 25.0 Å². The number of benzene rings is 2. The van der Waals surface area contributed by atoms with E-state index in [2.05, 4.69) is 10.6 Å². The lowest BCUT2D eigenvalue weighted by Gasteiger charge is -2.32. The maximum Gasteiger partial charge on any atom is 0.423 e. The molecule has 1 amide bonds. The van der Waals surface area contributed by atoms with Gasteiger partial charge in [0, 0.05) is 17.6 Å². The van der Waals surface area contributed by atoms with Gasteiger partial charge < -0.3 is 15.7 Å². The van der Waals surface area contributed by atoms with Crippen LogP contribution >= 0.6 is 11.6 Å². The van der Waals surface area contributed by atoms with Gasteiger partial charge in [-0.05, 0) is 59.9 Å². The molecule has 1 aliphatic rings. The third-order valence-electron chi connectivity index (χ3n) is 5.32. The number of halogens is 7. The van der Waals surface area contributed by atoms with Crippen LogP contribution < -0.4 is 10.6 Å². The summed E-state index contributed by atoms with van der Waals surface area (Å²) < 4.78 is 80.5. The van der Waals surface area contributed by atoms with E-state index in [-0.39, 0.29) is 23.7 Å². The topological polar surface area (TPSA) is 61.4 Å². The molecule has 0 unspecified atom stereocenters. The predicted octanol–water partition coefficient (Wildman–Crippen LogP) is 5.34. The molecule has 11 heteroatoms. The van der Waals surface area contributed by atoms with Gasteiger partial charge in [0.2, 0.25) is 11.5 Å². The second-order valence-corrected chi connectivity index (χ2v) is 8.08. The van der Waals surface area contributed by atoms with Crippen molar-refractivity contribution in [1.29, 1.82) is 0 Å². The first-order chi connectivity index (χ1) is 14.7. The first-order valence-electron chi connectivity index (χ1n) is 9.52. The van der Waals surface area contributed by atoms with E-state index in [1.165, 1.54) is 13.0 Å². The van der Waals surface area contributed by atoms with Crippen molar-refractivity contribution in [2.75, 3.05) is 11.9 Å². The summed E-state index contributed by atoms with van der Waals surface area (Å²) in [5.41, 5.74) is -4.16. The van der Waals surface area contributed by atoms with Crippen molar-refractivity contribution in [3.8, 4) is 0 Å². The molecule has 0 saturated carbocycles. The summed E-state index contributed by atoms with van der Waals surface area (Å²) in [4.78, 5) is 11.3. The molecule has 2 atom stereocenters. The van der Waals surface area contributed by atoms with Crippen molar-refractivity contribution in [2.24, 2.45) is 0 Å². The zero-order chi connectivity index (χ0) is 23.9. The Kier molecular flexibility index (Phi) is 6.41. The van der Waals surface area contributed by atoms with Gasteiger partial charge in [-0.25, -0.2) is 0 Å². The van der Waals surface area contributed by atoms with E-state index in [4.69, 9.17) is 11.6 Å². The largest absolute Gasteiger partial charge is 0.423 e. The second kappa shape index (κ2) is 8.47. The van der Waals surface area contributed by atoms with Crippen LogP contribution in [0.1, 0.15) is 41.6 Å². The number of anilines is 1. The minimum absolute atomic E-state index is 0.198. The highest BCUT2D eigenvalue weighted by Crippen LogP contribution is 2.42. The average Bonchev–Trinajstić information content (AvgIpc) is 3.05. The molecule has 0 heterocycles. The lowest BCUT2D eigenvalue weighted by molar-refractivity contribution is -0.260. The number of carbonyl (C=O) groups excluding carboxylic acids is 1. The molecule has 3 N–H and O–H groups in total. The molecule has 0 aromatic heterocycles. The first-order valence-corrected chi connectivity index (χ1v) is 9.89. The van der Waals surface area contributed by atoms with Crippen molar-refractivity contribution in [3.05, 3.63) is 63.7 Å². The van der Waals surface area contributed by atoms with E-state index in [1.54, 1.807) is 12.1 Å². The lowest BCUT2D eigenvalue weighted by Crippen LogP contribution is -2.48. The fourth-order valence-corrected chi connectivity index (χ4v) is 3.95. The van der Waals surface area contributed by atoms with Gasteiger partial charge >= 0.3 is 12.4 Å². The van der Waals surface area contributed by atoms with Gasteiger partial charge in [-0.3, -0.25) is 4.79 Å². The average molecular weight is 481 g/mol. The molecule has 0 radical (unpaired) electrons. The molecule has 0 spiro atoms. The van der Waals surface area contributed by atoms with Gasteiger partial charge in [0.25, 0.3) is 0 Å². The fraction of sp³-hybridized carbons (Fsp3) is 0.381. The van der Waals surface area contributed by atoms with Crippen molar-refractivity contribution >= 4 is 23.2 Å². The van der Waals surface area contributed by atoms with Crippen LogP contribution in [0.4, 0.5) is 32.0 Å². The Morgan fingerprint density at radius 1 is 1.09 bits per heavy atom.